The van der Waals surface area contributed by atoms with Gasteiger partial charge in [0.25, 0.3) is 0 Å². The molecule has 0 rings (SSSR count). The molecule has 0 spiro atoms. The van der Waals surface area contributed by atoms with E-state index in [0.717, 1.165) is 0 Å². The van der Waals surface area contributed by atoms with Crippen molar-refractivity contribution in [3.8, 4) is 0 Å². The van der Waals surface area contributed by atoms with Gasteiger partial charge in [0, 0.05) is 5.91 Å². The van der Waals surface area contributed by atoms with Crippen LogP contribution in [0, 0.1) is 0 Å². The smallest absolute Gasteiger partial charge is 0.668 e. The fourth-order valence-electron chi connectivity index (χ4n) is 0. The maximum Gasteiger partial charge on any atom is 1.00 e. The van der Waals surface area contributed by atoms with Crippen LogP contribution in [0.2, 0.25) is 0 Å². The van der Waals surface area contributed by atoms with Crippen LogP contribution in [-0.4, -0.2) is 5.91 Å². The third-order valence-electron chi connectivity index (χ3n) is 0.321. The maximum absolute atomic E-state index is 9.48. The summed E-state index contributed by atoms with van der Waals surface area (Å²) in [5, 5.41) is 0. The molecule has 0 atom stereocenters. The molecule has 0 aromatic carbocycles. The fraction of sp³-hybridized carbons (Fsp3) is 0.667. The quantitative estimate of drug-likeness (QED) is 0.360. The van der Waals surface area contributed by atoms with Crippen LogP contribution in [0.25, 0.3) is 5.73 Å². The summed E-state index contributed by atoms with van der Waals surface area (Å²) in [6.07, 6.45) is 0.333. The molecule has 30 valence electrons. The van der Waals surface area contributed by atoms with Gasteiger partial charge in [-0.05, 0) is 6.42 Å². The average molecular weight is 111 g/mol. The topological polar surface area (TPSA) is 40.9 Å². The average Bonchev–Trinajstić information content (AvgIpc) is 1.38. The van der Waals surface area contributed by atoms with E-state index in [4.69, 9.17) is 5.73 Å². The van der Waals surface area contributed by atoms with E-state index in [-0.39, 0.29) is 51.4 Å². The first kappa shape index (κ1) is 10.2. The summed E-state index contributed by atoms with van der Waals surface area (Å²) in [6, 6.07) is 0. The third-order valence-corrected chi connectivity index (χ3v) is 0.321. The van der Waals surface area contributed by atoms with Gasteiger partial charge in [0.2, 0.25) is 0 Å². The second kappa shape index (κ2) is 6.11. The largest absolute Gasteiger partial charge is 1.00 e. The SMILES string of the molecule is CCC([NH-])=O.[K+]. The number of hydrogen-bond acceptors (Lipinski definition) is 1. The van der Waals surface area contributed by atoms with Crippen molar-refractivity contribution in [3.05, 3.63) is 5.73 Å². The van der Waals surface area contributed by atoms with Crippen LogP contribution in [0.3, 0.4) is 0 Å². The minimum atomic E-state index is -0.495. The zero-order chi connectivity index (χ0) is 4.28. The molecule has 0 aromatic rings. The molecule has 0 radical (unpaired) electrons. The summed E-state index contributed by atoms with van der Waals surface area (Å²) in [5.74, 6) is -0.495. The van der Waals surface area contributed by atoms with Gasteiger partial charge in [0.1, 0.15) is 0 Å². The Bertz CT molecular complexity index is 46.1. The van der Waals surface area contributed by atoms with Gasteiger partial charge in [-0.3, -0.25) is 0 Å². The van der Waals surface area contributed by atoms with Gasteiger partial charge < -0.3 is 10.5 Å². The van der Waals surface area contributed by atoms with E-state index in [9.17, 15) is 4.79 Å². The molecule has 0 bridgehead atoms. The first-order valence-corrected chi connectivity index (χ1v) is 1.51. The molecular weight excluding hydrogens is 105 g/mol. The molecule has 6 heavy (non-hydrogen) atoms. The normalized spacial score (nSPS) is 6.17. The Kier molecular flexibility index (Phi) is 10.3. The third kappa shape index (κ3) is 8.92. The monoisotopic (exact) mass is 111 g/mol. The molecular formula is C3H6KNO. The molecule has 1 N–H and O–H groups in total. The van der Waals surface area contributed by atoms with Crippen LogP contribution in [0.15, 0.2) is 0 Å². The summed E-state index contributed by atoms with van der Waals surface area (Å²) in [7, 11) is 0. The molecule has 0 saturated carbocycles. The van der Waals surface area contributed by atoms with Gasteiger partial charge >= 0.3 is 51.4 Å². The number of hydrogen-bond donors (Lipinski definition) is 0. The minimum absolute atomic E-state index is 0. The Labute approximate surface area is 79.9 Å². The molecule has 1 amide bonds. The molecule has 0 aliphatic carbocycles. The predicted octanol–water partition coefficient (Wildman–Crippen LogP) is -2.02. The van der Waals surface area contributed by atoms with E-state index in [1.807, 2.05) is 0 Å². The van der Waals surface area contributed by atoms with E-state index in [1.165, 1.54) is 0 Å². The van der Waals surface area contributed by atoms with Gasteiger partial charge in [0.05, 0.1) is 0 Å². The second-order valence-electron chi connectivity index (χ2n) is 0.777. The van der Waals surface area contributed by atoms with Crippen LogP contribution >= 0.6 is 0 Å². The summed E-state index contributed by atoms with van der Waals surface area (Å²) in [6.45, 7) is 1.66. The standard InChI is InChI=1S/C3H7NO.K/c1-2-3(4)5;/h2H2,1H3,(H2,4,5);/q;+1/p-1. The van der Waals surface area contributed by atoms with Crippen molar-refractivity contribution >= 4 is 5.91 Å². The Balaban J connectivity index is 0. The minimum Gasteiger partial charge on any atom is -0.668 e. The predicted molar refractivity (Wildman–Crippen MR) is 19.6 cm³/mol. The number of amides is 1. The number of nitrogens with one attached hydrogen (secondary N) is 1. The summed E-state index contributed by atoms with van der Waals surface area (Å²) in [4.78, 5) is 9.48. The zero-order valence-corrected chi connectivity index (χ0v) is 7.24. The Hall–Kier alpha value is 1.11. The molecule has 0 saturated heterocycles. The van der Waals surface area contributed by atoms with Crippen molar-refractivity contribution in [2.45, 2.75) is 13.3 Å². The summed E-state index contributed by atoms with van der Waals surface area (Å²) >= 11 is 0. The molecule has 0 aliphatic rings. The van der Waals surface area contributed by atoms with Crippen molar-refractivity contribution in [2.24, 2.45) is 0 Å². The summed E-state index contributed by atoms with van der Waals surface area (Å²) in [5.41, 5.74) is 6.19. The van der Waals surface area contributed by atoms with Crippen LogP contribution in [0.4, 0.5) is 0 Å². The van der Waals surface area contributed by atoms with E-state index in [0.29, 0.717) is 6.42 Å². The Morgan fingerprint density at radius 3 is 2.00 bits per heavy atom. The van der Waals surface area contributed by atoms with E-state index in [1.54, 1.807) is 6.92 Å². The number of rotatable bonds is 1. The van der Waals surface area contributed by atoms with E-state index >= 15 is 0 Å². The molecule has 2 nitrogen and oxygen atoms in total. The van der Waals surface area contributed by atoms with E-state index < -0.39 is 5.91 Å². The van der Waals surface area contributed by atoms with Gasteiger partial charge in [0.15, 0.2) is 0 Å². The number of carbonyl (C=O) groups excluding carboxylic acids is 1. The molecule has 0 aromatic heterocycles. The van der Waals surface area contributed by atoms with Gasteiger partial charge in [-0.1, -0.05) is 6.92 Å². The van der Waals surface area contributed by atoms with Crippen molar-refractivity contribution in [1.82, 2.24) is 0 Å². The second-order valence-corrected chi connectivity index (χ2v) is 0.777. The molecule has 0 fully saturated rings. The molecule has 0 heterocycles. The van der Waals surface area contributed by atoms with Gasteiger partial charge in [-0.15, -0.1) is 0 Å². The van der Waals surface area contributed by atoms with Crippen LogP contribution in [0.1, 0.15) is 13.3 Å². The van der Waals surface area contributed by atoms with Crippen LogP contribution in [-0.2, 0) is 4.79 Å². The fourth-order valence-corrected chi connectivity index (χ4v) is 0. The van der Waals surface area contributed by atoms with Crippen molar-refractivity contribution in [2.75, 3.05) is 0 Å². The first-order valence-electron chi connectivity index (χ1n) is 1.51. The van der Waals surface area contributed by atoms with Crippen molar-refractivity contribution < 1.29 is 56.2 Å². The van der Waals surface area contributed by atoms with E-state index in [2.05, 4.69) is 0 Å². The van der Waals surface area contributed by atoms with Crippen molar-refractivity contribution in [1.29, 1.82) is 0 Å². The van der Waals surface area contributed by atoms with Gasteiger partial charge in [-0.2, -0.15) is 0 Å². The zero-order valence-electron chi connectivity index (χ0n) is 4.12. The Morgan fingerprint density at radius 1 is 1.83 bits per heavy atom. The van der Waals surface area contributed by atoms with Crippen LogP contribution in [0.5, 0.6) is 0 Å². The maximum atomic E-state index is 9.48. The number of carbonyl (C=O) groups is 1. The molecule has 0 aliphatic heterocycles. The molecule has 0 unspecified atom stereocenters. The summed E-state index contributed by atoms with van der Waals surface area (Å²) < 4.78 is 0. The Morgan fingerprint density at radius 2 is 2.00 bits per heavy atom. The van der Waals surface area contributed by atoms with Crippen LogP contribution < -0.4 is 51.4 Å². The van der Waals surface area contributed by atoms with Crippen molar-refractivity contribution in [3.63, 3.8) is 0 Å². The molecule has 3 heteroatoms. The first-order chi connectivity index (χ1) is 2.27. The van der Waals surface area contributed by atoms with Gasteiger partial charge in [-0.25, -0.2) is 0 Å².